The van der Waals surface area contributed by atoms with Gasteiger partial charge in [-0.05, 0) is 36.8 Å². The Morgan fingerprint density at radius 2 is 1.70 bits per heavy atom. The Morgan fingerprint density at radius 3 is 2.30 bits per heavy atom. The predicted octanol–water partition coefficient (Wildman–Crippen LogP) is 2.51. The second-order valence-electron chi connectivity index (χ2n) is 4.90. The van der Waals surface area contributed by atoms with Gasteiger partial charge in [0.2, 0.25) is 11.9 Å². The first-order chi connectivity index (χ1) is 11.1. The molecule has 23 heavy (non-hydrogen) atoms. The number of hydrogen-bond donors (Lipinski definition) is 3. The normalized spacial score (nSPS) is 10.0. The highest BCUT2D eigenvalue weighted by Crippen LogP contribution is 2.14. The quantitative estimate of drug-likeness (QED) is 0.761. The number of carbonyl (C=O) groups excluding carboxylic acids is 2. The first-order valence-electron chi connectivity index (χ1n) is 7.34. The molecule has 2 amide bonds. The highest BCUT2D eigenvalue weighted by atomic mass is 16.2. The fraction of sp³-hybridized carbons (Fsp3) is 0.250. The molecule has 120 valence electrons. The number of amides is 2. The van der Waals surface area contributed by atoms with Crippen molar-refractivity contribution in [1.82, 2.24) is 9.97 Å². The number of nitrogens with zero attached hydrogens (tertiary/aromatic N) is 2. The standard InChI is InChI=1S/C16H19N5O2/c1-3-9-17-16-18-10-8-14(21-16)15(23)20-13-6-4-12(5-7-13)19-11(2)22/h4-8,10H,3,9H2,1-2H3,(H,19,22)(H,20,23)(H,17,18,21). The molecule has 1 heterocycles. The van der Waals surface area contributed by atoms with Gasteiger partial charge in [0.05, 0.1) is 0 Å². The van der Waals surface area contributed by atoms with Gasteiger partial charge in [-0.25, -0.2) is 9.97 Å². The lowest BCUT2D eigenvalue weighted by Crippen LogP contribution is -2.15. The average molecular weight is 313 g/mol. The van der Waals surface area contributed by atoms with E-state index < -0.39 is 0 Å². The fourth-order valence-corrected chi connectivity index (χ4v) is 1.84. The second-order valence-corrected chi connectivity index (χ2v) is 4.90. The Balaban J connectivity index is 2.02. The molecule has 0 spiro atoms. The Kier molecular flexibility index (Phi) is 5.62. The zero-order chi connectivity index (χ0) is 16.7. The molecule has 0 radical (unpaired) electrons. The van der Waals surface area contributed by atoms with E-state index in [1.807, 2.05) is 6.92 Å². The summed E-state index contributed by atoms with van der Waals surface area (Å²) >= 11 is 0. The van der Waals surface area contributed by atoms with Crippen LogP contribution in [0.3, 0.4) is 0 Å². The summed E-state index contributed by atoms with van der Waals surface area (Å²) in [6.07, 6.45) is 2.49. The number of benzene rings is 1. The van der Waals surface area contributed by atoms with Crippen molar-refractivity contribution >= 4 is 29.1 Å². The SMILES string of the molecule is CCCNc1nccc(C(=O)Nc2ccc(NC(C)=O)cc2)n1. The number of rotatable bonds is 6. The van der Waals surface area contributed by atoms with Crippen molar-refractivity contribution in [2.45, 2.75) is 20.3 Å². The van der Waals surface area contributed by atoms with E-state index in [1.54, 1.807) is 36.5 Å². The van der Waals surface area contributed by atoms with Crippen LogP contribution in [0.4, 0.5) is 17.3 Å². The Bertz CT molecular complexity index is 685. The van der Waals surface area contributed by atoms with E-state index in [0.717, 1.165) is 13.0 Å². The van der Waals surface area contributed by atoms with Crippen molar-refractivity contribution in [2.24, 2.45) is 0 Å². The fourth-order valence-electron chi connectivity index (χ4n) is 1.84. The monoisotopic (exact) mass is 313 g/mol. The molecule has 0 unspecified atom stereocenters. The summed E-state index contributed by atoms with van der Waals surface area (Å²) in [4.78, 5) is 31.4. The highest BCUT2D eigenvalue weighted by Gasteiger charge is 2.09. The van der Waals surface area contributed by atoms with Crippen LogP contribution in [-0.2, 0) is 4.79 Å². The highest BCUT2D eigenvalue weighted by molar-refractivity contribution is 6.03. The van der Waals surface area contributed by atoms with Gasteiger partial charge in [0.1, 0.15) is 5.69 Å². The van der Waals surface area contributed by atoms with Crippen molar-refractivity contribution < 1.29 is 9.59 Å². The van der Waals surface area contributed by atoms with Gasteiger partial charge < -0.3 is 16.0 Å². The lowest BCUT2D eigenvalue weighted by Gasteiger charge is -2.08. The third-order valence-electron chi connectivity index (χ3n) is 2.88. The van der Waals surface area contributed by atoms with Crippen molar-refractivity contribution in [3.8, 4) is 0 Å². The molecular formula is C16H19N5O2. The first-order valence-corrected chi connectivity index (χ1v) is 7.34. The number of hydrogen-bond acceptors (Lipinski definition) is 5. The molecule has 7 nitrogen and oxygen atoms in total. The van der Waals surface area contributed by atoms with Gasteiger partial charge in [-0.15, -0.1) is 0 Å². The number of carbonyl (C=O) groups is 2. The predicted molar refractivity (Wildman–Crippen MR) is 89.5 cm³/mol. The summed E-state index contributed by atoms with van der Waals surface area (Å²) in [7, 11) is 0. The smallest absolute Gasteiger partial charge is 0.274 e. The van der Waals surface area contributed by atoms with Crippen molar-refractivity contribution in [3.05, 3.63) is 42.2 Å². The molecule has 0 aliphatic carbocycles. The van der Waals surface area contributed by atoms with Crippen LogP contribution in [0.5, 0.6) is 0 Å². The van der Waals surface area contributed by atoms with Gasteiger partial charge in [0.15, 0.2) is 0 Å². The topological polar surface area (TPSA) is 96.0 Å². The maximum Gasteiger partial charge on any atom is 0.274 e. The lowest BCUT2D eigenvalue weighted by atomic mass is 10.2. The molecule has 0 aliphatic heterocycles. The molecule has 1 aromatic heterocycles. The number of aromatic nitrogens is 2. The van der Waals surface area contributed by atoms with Gasteiger partial charge in [-0.1, -0.05) is 6.92 Å². The minimum Gasteiger partial charge on any atom is -0.354 e. The Labute approximate surface area is 134 Å². The van der Waals surface area contributed by atoms with Crippen molar-refractivity contribution in [2.75, 3.05) is 22.5 Å². The minimum absolute atomic E-state index is 0.144. The molecule has 0 aliphatic rings. The maximum atomic E-state index is 12.2. The molecule has 0 bridgehead atoms. The van der Waals surface area contributed by atoms with E-state index in [-0.39, 0.29) is 17.5 Å². The molecule has 0 saturated carbocycles. The Morgan fingerprint density at radius 1 is 1.04 bits per heavy atom. The van der Waals surface area contributed by atoms with Crippen LogP contribution >= 0.6 is 0 Å². The van der Waals surface area contributed by atoms with Crippen LogP contribution in [0.2, 0.25) is 0 Å². The van der Waals surface area contributed by atoms with Gasteiger partial charge in [0, 0.05) is 31.0 Å². The summed E-state index contributed by atoms with van der Waals surface area (Å²) in [5, 5.41) is 8.45. The molecule has 3 N–H and O–H groups in total. The summed E-state index contributed by atoms with van der Waals surface area (Å²) in [5.41, 5.74) is 1.57. The van der Waals surface area contributed by atoms with Crippen LogP contribution < -0.4 is 16.0 Å². The third-order valence-corrected chi connectivity index (χ3v) is 2.88. The van der Waals surface area contributed by atoms with Gasteiger partial charge >= 0.3 is 0 Å². The largest absolute Gasteiger partial charge is 0.354 e. The van der Waals surface area contributed by atoms with E-state index in [1.165, 1.54) is 6.92 Å². The van der Waals surface area contributed by atoms with Gasteiger partial charge in [-0.3, -0.25) is 9.59 Å². The zero-order valence-corrected chi connectivity index (χ0v) is 13.1. The first kappa shape index (κ1) is 16.4. The lowest BCUT2D eigenvalue weighted by molar-refractivity contribution is -0.114. The molecule has 2 rings (SSSR count). The third kappa shape index (κ3) is 5.06. The van der Waals surface area contributed by atoms with Crippen molar-refractivity contribution in [1.29, 1.82) is 0 Å². The molecular weight excluding hydrogens is 294 g/mol. The van der Waals surface area contributed by atoms with Gasteiger partial charge in [0.25, 0.3) is 5.91 Å². The number of anilines is 3. The van der Waals surface area contributed by atoms with Gasteiger partial charge in [-0.2, -0.15) is 0 Å². The molecule has 0 fully saturated rings. The maximum absolute atomic E-state index is 12.2. The Hall–Kier alpha value is -2.96. The second kappa shape index (κ2) is 7.88. The molecule has 0 atom stereocenters. The average Bonchev–Trinajstić information content (AvgIpc) is 2.54. The van der Waals surface area contributed by atoms with Crippen LogP contribution in [0.1, 0.15) is 30.8 Å². The van der Waals surface area contributed by atoms with Crippen LogP contribution in [-0.4, -0.2) is 28.3 Å². The molecule has 7 heteroatoms. The zero-order valence-electron chi connectivity index (χ0n) is 13.1. The molecule has 0 saturated heterocycles. The summed E-state index contributed by atoms with van der Waals surface area (Å²) in [5.74, 6) is -0.0328. The van der Waals surface area contributed by atoms with Crippen LogP contribution in [0.25, 0.3) is 0 Å². The van der Waals surface area contributed by atoms with Crippen molar-refractivity contribution in [3.63, 3.8) is 0 Å². The van der Waals surface area contributed by atoms with E-state index in [4.69, 9.17) is 0 Å². The van der Waals surface area contributed by atoms with E-state index in [2.05, 4.69) is 25.9 Å². The summed E-state index contributed by atoms with van der Waals surface area (Å²) in [6, 6.07) is 8.40. The van der Waals surface area contributed by atoms with E-state index >= 15 is 0 Å². The molecule has 2 aromatic rings. The summed E-state index contributed by atoms with van der Waals surface area (Å²) in [6.45, 7) is 4.22. The van der Waals surface area contributed by atoms with E-state index in [0.29, 0.717) is 17.3 Å². The number of nitrogens with one attached hydrogen (secondary N) is 3. The van der Waals surface area contributed by atoms with E-state index in [9.17, 15) is 9.59 Å². The molecule has 1 aromatic carbocycles. The van der Waals surface area contributed by atoms with Crippen LogP contribution in [0.15, 0.2) is 36.5 Å². The minimum atomic E-state index is -0.320. The van der Waals surface area contributed by atoms with Crippen LogP contribution in [0, 0.1) is 0 Å². The summed E-state index contributed by atoms with van der Waals surface area (Å²) < 4.78 is 0.